The number of rotatable bonds is 2. The predicted molar refractivity (Wildman–Crippen MR) is 53.4 cm³/mol. The number of nitrogens with one attached hydrogen (secondary N) is 1. The van der Waals surface area contributed by atoms with E-state index >= 15 is 0 Å². The topological polar surface area (TPSA) is 58.9 Å². The standard InChI is InChI=1S/C10H12N2O2/c1-3-6-5-7-9(14-6)8(4-2)11-12-10(7)13/h5H,3-4H2,1-2H3,(H,12,13). The lowest BCUT2D eigenvalue weighted by atomic mass is 10.2. The summed E-state index contributed by atoms with van der Waals surface area (Å²) >= 11 is 0. The molecule has 1 N–H and O–H groups in total. The van der Waals surface area contributed by atoms with E-state index in [-0.39, 0.29) is 5.56 Å². The molecular formula is C10H12N2O2. The second-order valence-electron chi connectivity index (χ2n) is 3.16. The van der Waals surface area contributed by atoms with Crippen LogP contribution in [0.25, 0.3) is 11.0 Å². The Labute approximate surface area is 80.9 Å². The molecule has 0 aromatic carbocycles. The van der Waals surface area contributed by atoms with Gasteiger partial charge in [-0.25, -0.2) is 5.10 Å². The minimum atomic E-state index is -0.180. The Hall–Kier alpha value is -1.58. The number of aryl methyl sites for hydroxylation is 2. The number of hydrogen-bond donors (Lipinski definition) is 1. The van der Waals surface area contributed by atoms with Gasteiger partial charge in [-0.15, -0.1) is 0 Å². The fourth-order valence-corrected chi connectivity index (χ4v) is 1.47. The van der Waals surface area contributed by atoms with Crippen LogP contribution in [0.4, 0.5) is 0 Å². The normalized spacial score (nSPS) is 11.0. The first-order valence-electron chi connectivity index (χ1n) is 4.76. The maximum absolute atomic E-state index is 11.4. The highest BCUT2D eigenvalue weighted by Gasteiger charge is 2.10. The SMILES string of the molecule is CCc1cc2c(=O)[nH]nc(CC)c2o1. The lowest BCUT2D eigenvalue weighted by Gasteiger charge is -1.94. The molecule has 0 aliphatic rings. The van der Waals surface area contributed by atoms with Crippen LogP contribution in [-0.2, 0) is 12.8 Å². The molecule has 2 rings (SSSR count). The van der Waals surface area contributed by atoms with E-state index in [1.54, 1.807) is 6.07 Å². The summed E-state index contributed by atoms with van der Waals surface area (Å²) in [5.41, 5.74) is 1.26. The summed E-state index contributed by atoms with van der Waals surface area (Å²) in [4.78, 5) is 11.4. The van der Waals surface area contributed by atoms with Crippen molar-refractivity contribution in [3.05, 3.63) is 27.9 Å². The second-order valence-corrected chi connectivity index (χ2v) is 3.16. The summed E-state index contributed by atoms with van der Waals surface area (Å²) in [6.45, 7) is 3.97. The number of hydrogen-bond acceptors (Lipinski definition) is 3. The van der Waals surface area contributed by atoms with E-state index in [9.17, 15) is 4.79 Å². The summed E-state index contributed by atoms with van der Waals surface area (Å²) in [5.74, 6) is 0.827. The lowest BCUT2D eigenvalue weighted by Crippen LogP contribution is -2.09. The van der Waals surface area contributed by atoms with Gasteiger partial charge in [0.25, 0.3) is 5.56 Å². The summed E-state index contributed by atoms with van der Waals surface area (Å²) < 4.78 is 5.54. The van der Waals surface area contributed by atoms with E-state index in [0.717, 1.165) is 24.3 Å². The van der Waals surface area contributed by atoms with Gasteiger partial charge >= 0.3 is 0 Å². The van der Waals surface area contributed by atoms with E-state index in [1.807, 2.05) is 13.8 Å². The van der Waals surface area contributed by atoms with Crippen LogP contribution in [0.15, 0.2) is 15.3 Å². The first-order chi connectivity index (χ1) is 6.76. The molecule has 2 heterocycles. The first-order valence-corrected chi connectivity index (χ1v) is 4.76. The molecule has 0 bridgehead atoms. The van der Waals surface area contributed by atoms with Gasteiger partial charge in [0.2, 0.25) is 0 Å². The molecule has 0 aliphatic carbocycles. The highest BCUT2D eigenvalue weighted by atomic mass is 16.3. The van der Waals surface area contributed by atoms with Crippen LogP contribution in [0.5, 0.6) is 0 Å². The molecule has 2 aromatic heterocycles. The van der Waals surface area contributed by atoms with Crippen molar-refractivity contribution < 1.29 is 4.42 Å². The number of fused-ring (bicyclic) bond motifs is 1. The highest BCUT2D eigenvalue weighted by molar-refractivity contribution is 5.78. The van der Waals surface area contributed by atoms with E-state index in [1.165, 1.54) is 0 Å². The third kappa shape index (κ3) is 1.23. The monoisotopic (exact) mass is 192 g/mol. The van der Waals surface area contributed by atoms with Crippen LogP contribution in [-0.4, -0.2) is 10.2 Å². The Balaban J connectivity index is 2.81. The fourth-order valence-electron chi connectivity index (χ4n) is 1.47. The Kier molecular flexibility index (Phi) is 2.11. The molecule has 0 saturated carbocycles. The molecule has 4 heteroatoms. The van der Waals surface area contributed by atoms with Crippen molar-refractivity contribution >= 4 is 11.0 Å². The summed E-state index contributed by atoms with van der Waals surface area (Å²) in [6, 6.07) is 1.79. The smallest absolute Gasteiger partial charge is 0.275 e. The highest BCUT2D eigenvalue weighted by Crippen LogP contribution is 2.18. The first kappa shape index (κ1) is 8.99. The van der Waals surface area contributed by atoms with E-state index < -0.39 is 0 Å². The summed E-state index contributed by atoms with van der Waals surface area (Å²) in [7, 11) is 0. The molecule has 4 nitrogen and oxygen atoms in total. The molecular weight excluding hydrogens is 180 g/mol. The molecule has 0 radical (unpaired) electrons. The minimum Gasteiger partial charge on any atom is -0.459 e. The average molecular weight is 192 g/mol. The number of nitrogens with zero attached hydrogens (tertiary/aromatic N) is 1. The lowest BCUT2D eigenvalue weighted by molar-refractivity contribution is 0.550. The van der Waals surface area contributed by atoms with E-state index in [0.29, 0.717) is 11.0 Å². The van der Waals surface area contributed by atoms with Crippen LogP contribution in [0, 0.1) is 0 Å². The summed E-state index contributed by atoms with van der Waals surface area (Å²) in [5, 5.41) is 7.01. The summed E-state index contributed by atoms with van der Waals surface area (Å²) in [6.07, 6.45) is 1.54. The Morgan fingerprint density at radius 2 is 2.21 bits per heavy atom. The van der Waals surface area contributed by atoms with Gasteiger partial charge in [-0.1, -0.05) is 13.8 Å². The molecule has 0 fully saturated rings. The predicted octanol–water partition coefficient (Wildman–Crippen LogP) is 1.64. The third-order valence-corrected chi connectivity index (χ3v) is 2.27. The number of aromatic nitrogens is 2. The maximum Gasteiger partial charge on any atom is 0.275 e. The largest absolute Gasteiger partial charge is 0.459 e. The van der Waals surface area contributed by atoms with Gasteiger partial charge in [-0.2, -0.15) is 5.10 Å². The van der Waals surface area contributed by atoms with Gasteiger partial charge in [-0.05, 0) is 12.5 Å². The van der Waals surface area contributed by atoms with Gasteiger partial charge < -0.3 is 4.42 Å². The maximum atomic E-state index is 11.4. The molecule has 0 amide bonds. The zero-order valence-electron chi connectivity index (χ0n) is 8.26. The van der Waals surface area contributed by atoms with E-state index in [4.69, 9.17) is 4.42 Å². The van der Waals surface area contributed by atoms with Crippen LogP contribution in [0.2, 0.25) is 0 Å². The van der Waals surface area contributed by atoms with Crippen molar-refractivity contribution in [3.8, 4) is 0 Å². The minimum absolute atomic E-state index is 0.180. The van der Waals surface area contributed by atoms with Gasteiger partial charge in [0.1, 0.15) is 11.5 Å². The Morgan fingerprint density at radius 1 is 1.43 bits per heavy atom. The molecule has 0 spiro atoms. The third-order valence-electron chi connectivity index (χ3n) is 2.27. The van der Waals surface area contributed by atoms with Gasteiger partial charge in [0, 0.05) is 6.42 Å². The Bertz CT molecular complexity index is 510. The molecule has 0 unspecified atom stereocenters. The van der Waals surface area contributed by atoms with Gasteiger partial charge in [0.05, 0.1) is 5.39 Å². The van der Waals surface area contributed by atoms with Crippen molar-refractivity contribution in [3.63, 3.8) is 0 Å². The van der Waals surface area contributed by atoms with Crippen LogP contribution < -0.4 is 5.56 Å². The fraction of sp³-hybridized carbons (Fsp3) is 0.400. The molecule has 2 aromatic rings. The molecule has 0 aliphatic heterocycles. The van der Waals surface area contributed by atoms with Crippen molar-refractivity contribution in [2.24, 2.45) is 0 Å². The number of furan rings is 1. The van der Waals surface area contributed by atoms with Gasteiger partial charge in [-0.3, -0.25) is 4.79 Å². The average Bonchev–Trinajstić information content (AvgIpc) is 2.63. The Morgan fingerprint density at radius 3 is 2.86 bits per heavy atom. The van der Waals surface area contributed by atoms with E-state index in [2.05, 4.69) is 10.2 Å². The number of aromatic amines is 1. The van der Waals surface area contributed by atoms with Crippen molar-refractivity contribution in [2.75, 3.05) is 0 Å². The molecule has 0 saturated heterocycles. The van der Waals surface area contributed by atoms with Crippen molar-refractivity contribution in [1.82, 2.24) is 10.2 Å². The number of H-pyrrole nitrogens is 1. The second kappa shape index (κ2) is 3.29. The zero-order chi connectivity index (χ0) is 10.1. The molecule has 14 heavy (non-hydrogen) atoms. The van der Waals surface area contributed by atoms with Crippen LogP contribution >= 0.6 is 0 Å². The van der Waals surface area contributed by atoms with Crippen molar-refractivity contribution in [1.29, 1.82) is 0 Å². The zero-order valence-corrected chi connectivity index (χ0v) is 8.26. The van der Waals surface area contributed by atoms with Crippen LogP contribution in [0.1, 0.15) is 25.3 Å². The molecule has 74 valence electrons. The van der Waals surface area contributed by atoms with Crippen molar-refractivity contribution in [2.45, 2.75) is 26.7 Å². The molecule has 0 atom stereocenters. The van der Waals surface area contributed by atoms with Gasteiger partial charge in [0.15, 0.2) is 5.58 Å². The quantitative estimate of drug-likeness (QED) is 0.786. The van der Waals surface area contributed by atoms with Crippen LogP contribution in [0.3, 0.4) is 0 Å².